The van der Waals surface area contributed by atoms with Crippen molar-refractivity contribution in [2.24, 2.45) is 5.92 Å². The third-order valence-electron chi connectivity index (χ3n) is 6.60. The molecule has 0 aliphatic carbocycles. The van der Waals surface area contributed by atoms with Gasteiger partial charge >= 0.3 is 0 Å². The average molecular weight is 481 g/mol. The van der Waals surface area contributed by atoms with E-state index in [1.165, 1.54) is 0 Å². The number of ether oxygens (including phenoxy) is 1. The Bertz CT molecular complexity index is 955. The average Bonchev–Trinajstić information content (AvgIpc) is 2.91. The Morgan fingerprint density at radius 1 is 0.943 bits per heavy atom. The highest BCUT2D eigenvalue weighted by Crippen LogP contribution is 2.19. The summed E-state index contributed by atoms with van der Waals surface area (Å²) < 4.78 is 5.41. The van der Waals surface area contributed by atoms with E-state index in [1.807, 2.05) is 61.2 Å². The largest absolute Gasteiger partial charge is 0.379 e. The van der Waals surface area contributed by atoms with Crippen molar-refractivity contribution in [2.75, 3.05) is 77.0 Å². The van der Waals surface area contributed by atoms with Crippen molar-refractivity contribution >= 4 is 17.6 Å². The number of rotatable bonds is 8. The molecule has 2 fully saturated rings. The van der Waals surface area contributed by atoms with Crippen LogP contribution in [0.15, 0.2) is 42.5 Å². The van der Waals surface area contributed by atoms with Gasteiger partial charge in [0.2, 0.25) is 11.8 Å². The van der Waals surface area contributed by atoms with Gasteiger partial charge in [0.1, 0.15) is 0 Å². The van der Waals surface area contributed by atoms with E-state index in [9.17, 15) is 9.59 Å². The number of hydrogen-bond donors (Lipinski definition) is 0. The van der Waals surface area contributed by atoms with Crippen LogP contribution in [0.25, 0.3) is 11.3 Å². The van der Waals surface area contributed by atoms with E-state index in [4.69, 9.17) is 4.74 Å². The number of amides is 2. The Hall–Kier alpha value is -3.04. The molecule has 1 aromatic heterocycles. The Morgan fingerprint density at radius 3 is 2.29 bits per heavy atom. The summed E-state index contributed by atoms with van der Waals surface area (Å²) in [7, 11) is 0. The molecule has 2 aliphatic heterocycles. The van der Waals surface area contributed by atoms with Crippen molar-refractivity contribution in [1.29, 1.82) is 0 Å². The molecule has 9 heteroatoms. The predicted octanol–water partition coefficient (Wildman–Crippen LogP) is 1.61. The first-order valence-corrected chi connectivity index (χ1v) is 12.5. The maximum absolute atomic E-state index is 13.1. The minimum atomic E-state index is -0.137. The molecule has 2 aliphatic rings. The molecule has 0 bridgehead atoms. The number of morpholine rings is 1. The zero-order chi connectivity index (χ0) is 24.6. The molecule has 0 unspecified atom stereocenters. The minimum Gasteiger partial charge on any atom is -0.379 e. The second kappa shape index (κ2) is 12.1. The van der Waals surface area contributed by atoms with Crippen molar-refractivity contribution in [3.05, 3.63) is 42.5 Å². The summed E-state index contributed by atoms with van der Waals surface area (Å²) in [4.78, 5) is 33.9. The lowest BCUT2D eigenvalue weighted by atomic mass is 10.1. The van der Waals surface area contributed by atoms with Gasteiger partial charge in [-0.05, 0) is 12.1 Å². The third kappa shape index (κ3) is 6.76. The molecule has 0 N–H and O–H groups in total. The standard InChI is InChI=1S/C26H36N6O3/c1-21(2)26(34)32(11-10-29-16-18-35-19-17-29)20-25(33)31-14-12-30(13-15-31)24-9-8-23(27-28-24)22-6-4-3-5-7-22/h3-9,21H,10-20H2,1-2H3. The van der Waals surface area contributed by atoms with Crippen LogP contribution in [0.4, 0.5) is 5.82 Å². The second-order valence-corrected chi connectivity index (χ2v) is 9.38. The molecule has 9 nitrogen and oxygen atoms in total. The Labute approximate surface area is 207 Å². The zero-order valence-electron chi connectivity index (χ0n) is 20.8. The van der Waals surface area contributed by atoms with Crippen molar-refractivity contribution < 1.29 is 14.3 Å². The molecule has 188 valence electrons. The topological polar surface area (TPSA) is 82.1 Å². The van der Waals surface area contributed by atoms with Gasteiger partial charge < -0.3 is 19.4 Å². The van der Waals surface area contributed by atoms with Crippen LogP contribution in [-0.4, -0.2) is 109 Å². The Morgan fingerprint density at radius 2 is 1.66 bits per heavy atom. The van der Waals surface area contributed by atoms with E-state index in [0.29, 0.717) is 32.7 Å². The number of piperazine rings is 1. The number of aromatic nitrogens is 2. The SMILES string of the molecule is CC(C)C(=O)N(CCN1CCOCC1)CC(=O)N1CCN(c2ccc(-c3ccccc3)nn2)CC1. The molecule has 3 heterocycles. The van der Waals surface area contributed by atoms with Crippen LogP contribution in [0.1, 0.15) is 13.8 Å². The van der Waals surface area contributed by atoms with Gasteiger partial charge in [0, 0.05) is 63.8 Å². The first-order valence-electron chi connectivity index (χ1n) is 12.5. The third-order valence-corrected chi connectivity index (χ3v) is 6.60. The highest BCUT2D eigenvalue weighted by molar-refractivity contribution is 5.85. The molecule has 1 aromatic carbocycles. The van der Waals surface area contributed by atoms with Crippen LogP contribution in [0.2, 0.25) is 0 Å². The molecule has 0 spiro atoms. The van der Waals surface area contributed by atoms with Gasteiger partial charge in [0.25, 0.3) is 0 Å². The van der Waals surface area contributed by atoms with Crippen LogP contribution >= 0.6 is 0 Å². The number of carbonyl (C=O) groups is 2. The molecule has 35 heavy (non-hydrogen) atoms. The summed E-state index contributed by atoms with van der Waals surface area (Å²) in [5.74, 6) is 0.714. The van der Waals surface area contributed by atoms with Crippen LogP contribution in [-0.2, 0) is 14.3 Å². The van der Waals surface area contributed by atoms with E-state index in [1.54, 1.807) is 4.90 Å². The Balaban J connectivity index is 1.29. The number of hydrogen-bond acceptors (Lipinski definition) is 7. The van der Waals surface area contributed by atoms with Crippen molar-refractivity contribution in [1.82, 2.24) is 24.9 Å². The molecular weight excluding hydrogens is 444 g/mol. The molecule has 0 saturated carbocycles. The van der Waals surface area contributed by atoms with Crippen molar-refractivity contribution in [2.45, 2.75) is 13.8 Å². The first-order chi connectivity index (χ1) is 17.0. The number of carbonyl (C=O) groups excluding carboxylic acids is 2. The molecule has 0 radical (unpaired) electrons. The summed E-state index contributed by atoms with van der Waals surface area (Å²) in [6.07, 6.45) is 0. The van der Waals surface area contributed by atoms with E-state index in [0.717, 1.165) is 49.9 Å². The van der Waals surface area contributed by atoms with E-state index >= 15 is 0 Å². The van der Waals surface area contributed by atoms with Crippen molar-refractivity contribution in [3.63, 3.8) is 0 Å². The van der Waals surface area contributed by atoms with Gasteiger partial charge in [-0.1, -0.05) is 44.2 Å². The van der Waals surface area contributed by atoms with E-state index in [-0.39, 0.29) is 24.3 Å². The summed E-state index contributed by atoms with van der Waals surface area (Å²) in [5, 5.41) is 8.80. The molecule has 4 rings (SSSR count). The summed E-state index contributed by atoms with van der Waals surface area (Å²) in [6, 6.07) is 14.0. The summed E-state index contributed by atoms with van der Waals surface area (Å²) in [5.41, 5.74) is 1.88. The highest BCUT2D eigenvalue weighted by Gasteiger charge is 2.27. The lowest BCUT2D eigenvalue weighted by Gasteiger charge is -2.37. The zero-order valence-corrected chi connectivity index (χ0v) is 20.8. The van der Waals surface area contributed by atoms with Crippen LogP contribution in [0.5, 0.6) is 0 Å². The van der Waals surface area contributed by atoms with Crippen LogP contribution in [0.3, 0.4) is 0 Å². The summed E-state index contributed by atoms with van der Waals surface area (Å²) in [6.45, 7) is 11.0. The van der Waals surface area contributed by atoms with Gasteiger partial charge in [0.05, 0.1) is 25.5 Å². The predicted molar refractivity (Wildman–Crippen MR) is 135 cm³/mol. The molecule has 2 saturated heterocycles. The Kier molecular flexibility index (Phi) is 8.65. The number of anilines is 1. The van der Waals surface area contributed by atoms with E-state index in [2.05, 4.69) is 20.0 Å². The van der Waals surface area contributed by atoms with Crippen molar-refractivity contribution in [3.8, 4) is 11.3 Å². The number of benzene rings is 1. The van der Waals surface area contributed by atoms with Gasteiger partial charge in [-0.3, -0.25) is 14.5 Å². The second-order valence-electron chi connectivity index (χ2n) is 9.38. The molecule has 0 atom stereocenters. The fourth-order valence-corrected chi connectivity index (χ4v) is 4.42. The molecular formula is C26H36N6O3. The number of nitrogens with zero attached hydrogens (tertiary/aromatic N) is 6. The van der Waals surface area contributed by atoms with Crippen LogP contribution < -0.4 is 4.90 Å². The monoisotopic (exact) mass is 480 g/mol. The van der Waals surface area contributed by atoms with Gasteiger partial charge in [0.15, 0.2) is 5.82 Å². The molecule has 2 amide bonds. The lowest BCUT2D eigenvalue weighted by molar-refractivity contribution is -0.142. The van der Waals surface area contributed by atoms with E-state index < -0.39 is 0 Å². The quantitative estimate of drug-likeness (QED) is 0.568. The maximum Gasteiger partial charge on any atom is 0.242 e. The molecule has 2 aromatic rings. The van der Waals surface area contributed by atoms with Gasteiger partial charge in [-0.2, -0.15) is 0 Å². The maximum atomic E-state index is 13.1. The minimum absolute atomic E-state index is 0.00568. The normalized spacial score (nSPS) is 17.0. The van der Waals surface area contributed by atoms with Crippen LogP contribution in [0, 0.1) is 5.92 Å². The van der Waals surface area contributed by atoms with Gasteiger partial charge in [-0.25, -0.2) is 0 Å². The highest BCUT2D eigenvalue weighted by atomic mass is 16.5. The summed E-state index contributed by atoms with van der Waals surface area (Å²) >= 11 is 0. The fourth-order valence-electron chi connectivity index (χ4n) is 4.42. The first kappa shape index (κ1) is 25.1. The lowest BCUT2D eigenvalue weighted by Crippen LogP contribution is -2.53. The smallest absolute Gasteiger partial charge is 0.242 e. The fraction of sp³-hybridized carbons (Fsp3) is 0.538. The van der Waals surface area contributed by atoms with Gasteiger partial charge in [-0.15, -0.1) is 10.2 Å².